The summed E-state index contributed by atoms with van der Waals surface area (Å²) in [6.45, 7) is 2.83. The molecule has 2 N–H and O–H groups in total. The van der Waals surface area contributed by atoms with Crippen LogP contribution in [0.15, 0.2) is 11.6 Å². The lowest BCUT2D eigenvalue weighted by atomic mass is 10.2. The topological polar surface area (TPSA) is 57.5 Å². The van der Waals surface area contributed by atoms with Crippen LogP contribution in [-0.4, -0.2) is 22.3 Å². The molecule has 0 amide bonds. The average molecular weight is 130 g/mol. The van der Waals surface area contributed by atoms with E-state index in [1.807, 2.05) is 0 Å². The van der Waals surface area contributed by atoms with E-state index in [2.05, 4.69) is 0 Å². The summed E-state index contributed by atoms with van der Waals surface area (Å²) in [6, 6.07) is 0. The highest BCUT2D eigenvalue weighted by Gasteiger charge is 1.99. The van der Waals surface area contributed by atoms with Crippen molar-refractivity contribution in [1.82, 2.24) is 0 Å². The third-order valence-electron chi connectivity index (χ3n) is 0.838. The molecule has 0 radical (unpaired) electrons. The molecular weight excluding hydrogens is 120 g/mol. The number of aliphatic hydroxyl groups is 2. The molecule has 0 heterocycles. The number of aliphatic hydroxyl groups excluding tert-OH is 1. The normalized spacial score (nSPS) is 12.3. The highest BCUT2D eigenvalue weighted by Crippen LogP contribution is 1.96. The van der Waals surface area contributed by atoms with E-state index in [0.29, 0.717) is 0 Å². The first-order valence-corrected chi connectivity index (χ1v) is 2.59. The number of allylic oxidation sites excluding steroid dienone is 1. The van der Waals surface area contributed by atoms with E-state index in [4.69, 9.17) is 10.2 Å². The van der Waals surface area contributed by atoms with E-state index in [-0.39, 0.29) is 11.4 Å². The molecule has 0 aromatic carbocycles. The molecule has 0 aromatic heterocycles. The van der Waals surface area contributed by atoms with Gasteiger partial charge in [0.2, 0.25) is 0 Å². The fourth-order valence-electron chi connectivity index (χ4n) is 0.395. The maximum Gasteiger partial charge on any atom is 0.174 e. The third-order valence-corrected chi connectivity index (χ3v) is 0.838. The van der Waals surface area contributed by atoms with Gasteiger partial charge in [-0.25, -0.2) is 0 Å². The molecule has 3 nitrogen and oxygen atoms in total. The summed E-state index contributed by atoms with van der Waals surface area (Å²) in [5, 5.41) is 16.8. The molecule has 0 unspecified atom stereocenters. The number of hydrogen-bond donors (Lipinski definition) is 2. The molecule has 0 bridgehead atoms. The first-order valence-electron chi connectivity index (χ1n) is 2.59. The fraction of sp³-hybridized carbons (Fsp3) is 0.500. The van der Waals surface area contributed by atoms with Gasteiger partial charge in [0.05, 0.1) is 0 Å². The van der Waals surface area contributed by atoms with Gasteiger partial charge in [-0.3, -0.25) is 4.79 Å². The molecule has 0 atom stereocenters. The molecule has 52 valence electrons. The quantitative estimate of drug-likeness (QED) is 0.403. The summed E-state index contributed by atoms with van der Waals surface area (Å²) in [6.07, 6.45) is -0.320. The molecule has 0 fully saturated rings. The second-order valence-electron chi connectivity index (χ2n) is 1.87. The van der Waals surface area contributed by atoms with Gasteiger partial charge in [-0.05, 0) is 25.5 Å². The van der Waals surface area contributed by atoms with Crippen LogP contribution in [0.2, 0.25) is 0 Å². The lowest BCUT2D eigenvalue weighted by molar-refractivity contribution is -0.112. The summed E-state index contributed by atoms with van der Waals surface area (Å²) in [4.78, 5) is 10.3. The molecule has 0 aliphatic rings. The van der Waals surface area contributed by atoms with E-state index in [1.165, 1.54) is 19.9 Å². The number of hydrogen-bond acceptors (Lipinski definition) is 3. The highest BCUT2D eigenvalue weighted by molar-refractivity contribution is 5.87. The van der Waals surface area contributed by atoms with Crippen molar-refractivity contribution in [3.63, 3.8) is 0 Å². The Labute approximate surface area is 53.6 Å². The van der Waals surface area contributed by atoms with Crippen molar-refractivity contribution in [2.45, 2.75) is 20.1 Å². The van der Waals surface area contributed by atoms with Crippen LogP contribution in [0.3, 0.4) is 0 Å². The zero-order valence-electron chi connectivity index (χ0n) is 5.46. The molecule has 0 aromatic rings. The highest BCUT2D eigenvalue weighted by atomic mass is 16.5. The third kappa shape index (κ3) is 3.88. The predicted molar refractivity (Wildman–Crippen MR) is 32.7 cm³/mol. The second kappa shape index (κ2) is 3.37. The van der Waals surface area contributed by atoms with E-state index in [0.717, 1.165) is 0 Å². The summed E-state index contributed by atoms with van der Waals surface area (Å²) in [5.74, 6) is -0.180. The Balaban J connectivity index is 4.00. The van der Waals surface area contributed by atoms with Crippen LogP contribution in [0, 0.1) is 0 Å². The first kappa shape index (κ1) is 8.33. The molecule has 3 heteroatoms. The van der Waals surface area contributed by atoms with Crippen LogP contribution in [0.5, 0.6) is 0 Å². The van der Waals surface area contributed by atoms with Crippen molar-refractivity contribution in [3.05, 3.63) is 11.6 Å². The van der Waals surface area contributed by atoms with Crippen molar-refractivity contribution in [1.29, 1.82) is 0 Å². The Bertz CT molecular complexity index is 135. The predicted octanol–water partition coefficient (Wildman–Crippen LogP) is -0.168. The minimum Gasteiger partial charge on any atom is -0.365 e. The SMILES string of the molecule is CC(=O)/C=C(/C)C(O)O. The van der Waals surface area contributed by atoms with Crippen LogP contribution in [0.25, 0.3) is 0 Å². The first-order chi connectivity index (χ1) is 4.04. The molecule has 0 aliphatic heterocycles. The maximum absolute atomic E-state index is 10.3. The van der Waals surface area contributed by atoms with E-state index >= 15 is 0 Å². The van der Waals surface area contributed by atoms with Gasteiger partial charge in [0.15, 0.2) is 12.1 Å². The molecule has 9 heavy (non-hydrogen) atoms. The molecule has 0 spiro atoms. The summed E-state index contributed by atoms with van der Waals surface area (Å²) < 4.78 is 0. The Kier molecular flexibility index (Phi) is 3.12. The molecule has 0 saturated heterocycles. The molecule has 0 saturated carbocycles. The number of rotatable bonds is 2. The van der Waals surface area contributed by atoms with Gasteiger partial charge in [0.1, 0.15) is 0 Å². The minimum atomic E-state index is -1.51. The van der Waals surface area contributed by atoms with Crippen LogP contribution in [-0.2, 0) is 4.79 Å². The van der Waals surface area contributed by atoms with Gasteiger partial charge in [-0.15, -0.1) is 0 Å². The fourth-order valence-corrected chi connectivity index (χ4v) is 0.395. The number of ketones is 1. The van der Waals surface area contributed by atoms with E-state index in [1.54, 1.807) is 0 Å². The van der Waals surface area contributed by atoms with Crippen LogP contribution in [0.4, 0.5) is 0 Å². The average Bonchev–Trinajstić information content (AvgIpc) is 1.63. The number of carbonyl (C=O) groups is 1. The van der Waals surface area contributed by atoms with Gasteiger partial charge in [0, 0.05) is 0 Å². The van der Waals surface area contributed by atoms with E-state index in [9.17, 15) is 4.79 Å². The number of carbonyl (C=O) groups excluding carboxylic acids is 1. The standard InChI is InChI=1S/C6H10O3/c1-4(6(8)9)3-5(2)7/h3,6,8-9H,1-2H3/b4-3-. The van der Waals surface area contributed by atoms with Crippen LogP contribution < -0.4 is 0 Å². The van der Waals surface area contributed by atoms with Gasteiger partial charge >= 0.3 is 0 Å². The lowest BCUT2D eigenvalue weighted by Gasteiger charge is -1.99. The maximum atomic E-state index is 10.3. The van der Waals surface area contributed by atoms with Crippen LogP contribution >= 0.6 is 0 Å². The smallest absolute Gasteiger partial charge is 0.174 e. The van der Waals surface area contributed by atoms with Crippen LogP contribution in [0.1, 0.15) is 13.8 Å². The Morgan fingerprint density at radius 3 is 2.00 bits per heavy atom. The molecule has 0 aliphatic carbocycles. The minimum absolute atomic E-state index is 0.180. The molecule has 0 rings (SSSR count). The van der Waals surface area contributed by atoms with Crippen molar-refractivity contribution in [2.24, 2.45) is 0 Å². The Hall–Kier alpha value is -0.670. The lowest BCUT2D eigenvalue weighted by Crippen LogP contribution is -2.06. The second-order valence-corrected chi connectivity index (χ2v) is 1.87. The largest absolute Gasteiger partial charge is 0.365 e. The van der Waals surface area contributed by atoms with Gasteiger partial charge in [-0.1, -0.05) is 0 Å². The van der Waals surface area contributed by atoms with Gasteiger partial charge in [-0.2, -0.15) is 0 Å². The van der Waals surface area contributed by atoms with Crippen molar-refractivity contribution in [2.75, 3.05) is 0 Å². The van der Waals surface area contributed by atoms with E-state index < -0.39 is 6.29 Å². The zero-order chi connectivity index (χ0) is 7.44. The van der Waals surface area contributed by atoms with Gasteiger partial charge in [0.25, 0.3) is 0 Å². The van der Waals surface area contributed by atoms with Crippen molar-refractivity contribution < 1.29 is 15.0 Å². The van der Waals surface area contributed by atoms with Gasteiger partial charge < -0.3 is 10.2 Å². The Morgan fingerprint density at radius 1 is 1.44 bits per heavy atom. The summed E-state index contributed by atoms with van der Waals surface area (Å²) in [5.41, 5.74) is 0.266. The summed E-state index contributed by atoms with van der Waals surface area (Å²) >= 11 is 0. The zero-order valence-corrected chi connectivity index (χ0v) is 5.46. The summed E-state index contributed by atoms with van der Waals surface area (Å²) in [7, 11) is 0. The van der Waals surface area contributed by atoms with Crippen molar-refractivity contribution in [3.8, 4) is 0 Å². The monoisotopic (exact) mass is 130 g/mol. The van der Waals surface area contributed by atoms with Crippen molar-refractivity contribution >= 4 is 5.78 Å². The Morgan fingerprint density at radius 2 is 1.89 bits per heavy atom. The molecular formula is C6H10O3.